The van der Waals surface area contributed by atoms with Crippen molar-refractivity contribution in [3.05, 3.63) is 65.4 Å². The van der Waals surface area contributed by atoms with E-state index >= 15 is 0 Å². The molecule has 27 heavy (non-hydrogen) atoms. The zero-order valence-corrected chi connectivity index (χ0v) is 16.6. The van der Waals surface area contributed by atoms with E-state index in [0.29, 0.717) is 11.7 Å². The van der Waals surface area contributed by atoms with E-state index in [9.17, 15) is 0 Å². The Kier molecular flexibility index (Phi) is 6.08. The zero-order chi connectivity index (χ0) is 19.2. The number of fused-ring (bicyclic) bond motifs is 1. The molecule has 0 aliphatic rings. The highest BCUT2D eigenvalue weighted by Crippen LogP contribution is 2.23. The summed E-state index contributed by atoms with van der Waals surface area (Å²) >= 11 is 5.04. The Morgan fingerprint density at radius 2 is 1.89 bits per heavy atom. The second kappa shape index (κ2) is 8.68. The molecule has 0 atom stereocenters. The largest absolute Gasteiger partial charge is 0.491 e. The van der Waals surface area contributed by atoms with Crippen LogP contribution in [0, 0.1) is 13.8 Å². The summed E-state index contributed by atoms with van der Waals surface area (Å²) in [6, 6.07) is 14.5. The van der Waals surface area contributed by atoms with Gasteiger partial charge >= 0.3 is 0 Å². The lowest BCUT2D eigenvalue weighted by atomic mass is 10.1. The van der Waals surface area contributed by atoms with Crippen LogP contribution < -0.4 is 15.5 Å². The maximum Gasteiger partial charge on any atom is 0.186 e. The first-order valence-electron chi connectivity index (χ1n) is 8.88. The Morgan fingerprint density at radius 1 is 1.15 bits per heavy atom. The zero-order valence-electron chi connectivity index (χ0n) is 15.8. The van der Waals surface area contributed by atoms with Crippen LogP contribution in [0.5, 0.6) is 5.75 Å². The highest BCUT2D eigenvalue weighted by Gasteiger charge is 2.08. The molecule has 2 aromatic carbocycles. The summed E-state index contributed by atoms with van der Waals surface area (Å²) < 4.78 is 8.26. The Hall–Kier alpha value is -2.86. The number of aromatic nitrogens is 1. The lowest BCUT2D eigenvalue weighted by Crippen LogP contribution is -2.28. The number of hydrogen-bond donors (Lipinski definition) is 2. The second-order valence-corrected chi connectivity index (χ2v) is 6.72. The highest BCUT2D eigenvalue weighted by molar-refractivity contribution is 7.80. The van der Waals surface area contributed by atoms with E-state index in [1.165, 1.54) is 0 Å². The molecule has 2 N–H and O–H groups in total. The van der Waals surface area contributed by atoms with Crippen LogP contribution in [0.15, 0.2) is 53.8 Å². The van der Waals surface area contributed by atoms with Crippen LogP contribution in [0.4, 0.5) is 0 Å². The van der Waals surface area contributed by atoms with Crippen LogP contribution >= 0.6 is 12.2 Å². The SMILES string of the molecule is CNC(=S)N/N=C/c1cn(CCOc2c(C)cccc2C)c2ccccc12. The van der Waals surface area contributed by atoms with Gasteiger partial charge in [-0.05, 0) is 43.3 Å². The molecule has 1 heterocycles. The van der Waals surface area contributed by atoms with Crippen molar-refractivity contribution in [1.29, 1.82) is 0 Å². The van der Waals surface area contributed by atoms with Crippen molar-refractivity contribution in [3.8, 4) is 5.75 Å². The number of benzene rings is 2. The maximum atomic E-state index is 6.06. The van der Waals surface area contributed by atoms with E-state index in [1.54, 1.807) is 13.3 Å². The van der Waals surface area contributed by atoms with Crippen LogP contribution in [0.1, 0.15) is 16.7 Å². The molecule has 0 bridgehead atoms. The lowest BCUT2D eigenvalue weighted by Gasteiger charge is -2.12. The fourth-order valence-corrected chi connectivity index (χ4v) is 3.10. The Balaban J connectivity index is 1.76. The fraction of sp³-hybridized carbons (Fsp3) is 0.238. The van der Waals surface area contributed by atoms with E-state index in [1.807, 2.05) is 12.1 Å². The summed E-state index contributed by atoms with van der Waals surface area (Å²) in [5, 5.41) is 8.66. The lowest BCUT2D eigenvalue weighted by molar-refractivity contribution is 0.296. The van der Waals surface area contributed by atoms with E-state index in [4.69, 9.17) is 17.0 Å². The molecule has 1 aromatic heterocycles. The number of rotatable bonds is 6. The minimum absolute atomic E-state index is 0.483. The molecule has 0 saturated carbocycles. The first kappa shape index (κ1) is 18.9. The molecular formula is C21H24N4OS. The standard InChI is InChI=1S/C21H24N4OS/c1-15-7-6-8-16(2)20(15)26-12-11-25-14-17(13-23-24-21(27)22-3)18-9-4-5-10-19(18)25/h4-10,13-14H,11-12H2,1-3H3,(H2,22,24,27)/b23-13+. The van der Waals surface area contributed by atoms with Gasteiger partial charge in [-0.3, -0.25) is 5.43 Å². The number of hydrazone groups is 1. The van der Waals surface area contributed by atoms with Gasteiger partial charge in [0.05, 0.1) is 12.8 Å². The normalized spacial score (nSPS) is 11.1. The Labute approximate surface area is 165 Å². The molecule has 0 spiro atoms. The molecule has 0 radical (unpaired) electrons. The molecular weight excluding hydrogens is 356 g/mol. The van der Waals surface area contributed by atoms with E-state index < -0.39 is 0 Å². The van der Waals surface area contributed by atoms with Crippen molar-refractivity contribution in [2.24, 2.45) is 5.10 Å². The third-order valence-corrected chi connectivity index (χ3v) is 4.70. The molecule has 0 aliphatic carbocycles. The fourth-order valence-electron chi connectivity index (χ4n) is 3.05. The average Bonchev–Trinajstić information content (AvgIpc) is 3.02. The molecule has 140 valence electrons. The van der Waals surface area contributed by atoms with Crippen molar-refractivity contribution in [3.63, 3.8) is 0 Å². The number of nitrogens with zero attached hydrogens (tertiary/aromatic N) is 2. The number of nitrogens with one attached hydrogen (secondary N) is 2. The third kappa shape index (κ3) is 4.46. The molecule has 0 unspecified atom stereocenters. The summed E-state index contributed by atoms with van der Waals surface area (Å²) in [4.78, 5) is 0. The van der Waals surface area contributed by atoms with Gasteiger partial charge in [-0.2, -0.15) is 5.10 Å². The first-order chi connectivity index (χ1) is 13.1. The molecule has 3 aromatic rings. The smallest absolute Gasteiger partial charge is 0.186 e. The van der Waals surface area contributed by atoms with Gasteiger partial charge in [-0.15, -0.1) is 0 Å². The third-order valence-electron chi connectivity index (χ3n) is 4.40. The van der Waals surface area contributed by atoms with Gasteiger partial charge in [0, 0.05) is 29.7 Å². The molecule has 0 aliphatic heterocycles. The number of aryl methyl sites for hydroxylation is 2. The molecule has 5 nitrogen and oxygen atoms in total. The van der Waals surface area contributed by atoms with Gasteiger partial charge in [0.15, 0.2) is 5.11 Å². The number of hydrogen-bond acceptors (Lipinski definition) is 3. The second-order valence-electron chi connectivity index (χ2n) is 6.31. The molecule has 0 saturated heterocycles. The van der Waals surface area contributed by atoms with Gasteiger partial charge in [0.1, 0.15) is 12.4 Å². The quantitative estimate of drug-likeness (QED) is 0.388. The Morgan fingerprint density at radius 3 is 2.63 bits per heavy atom. The van der Waals surface area contributed by atoms with Gasteiger partial charge in [0.25, 0.3) is 0 Å². The van der Waals surface area contributed by atoms with Gasteiger partial charge in [0.2, 0.25) is 0 Å². The van der Waals surface area contributed by atoms with Gasteiger partial charge in [-0.25, -0.2) is 0 Å². The Bertz CT molecular complexity index is 957. The van der Waals surface area contributed by atoms with Gasteiger partial charge < -0.3 is 14.6 Å². The van der Waals surface area contributed by atoms with Crippen LogP contribution in [0.3, 0.4) is 0 Å². The molecule has 0 amide bonds. The predicted octanol–water partition coefficient (Wildman–Crippen LogP) is 3.76. The van der Waals surface area contributed by atoms with Crippen molar-refractivity contribution in [1.82, 2.24) is 15.3 Å². The summed E-state index contributed by atoms with van der Waals surface area (Å²) in [6.45, 7) is 5.50. The van der Waals surface area contributed by atoms with Crippen LogP contribution in [0.2, 0.25) is 0 Å². The summed E-state index contributed by atoms with van der Waals surface area (Å²) in [5.74, 6) is 0.973. The van der Waals surface area contributed by atoms with Crippen LogP contribution in [-0.4, -0.2) is 29.5 Å². The van der Waals surface area contributed by atoms with E-state index in [0.717, 1.165) is 39.9 Å². The van der Waals surface area contributed by atoms with Crippen LogP contribution in [0.25, 0.3) is 10.9 Å². The number of thiocarbonyl (C=S) groups is 1. The maximum absolute atomic E-state index is 6.06. The summed E-state index contributed by atoms with van der Waals surface area (Å²) in [6.07, 6.45) is 3.88. The minimum Gasteiger partial charge on any atom is -0.491 e. The average molecular weight is 381 g/mol. The molecule has 0 fully saturated rings. The minimum atomic E-state index is 0.483. The summed E-state index contributed by atoms with van der Waals surface area (Å²) in [5.41, 5.74) is 7.29. The van der Waals surface area contributed by atoms with Crippen molar-refractivity contribution >= 4 is 34.4 Å². The monoisotopic (exact) mass is 380 g/mol. The van der Waals surface area contributed by atoms with Gasteiger partial charge in [-0.1, -0.05) is 36.4 Å². The highest BCUT2D eigenvalue weighted by atomic mass is 32.1. The van der Waals surface area contributed by atoms with E-state index in [-0.39, 0.29) is 0 Å². The van der Waals surface area contributed by atoms with Crippen molar-refractivity contribution < 1.29 is 4.74 Å². The number of ether oxygens (including phenoxy) is 1. The van der Waals surface area contributed by atoms with Crippen molar-refractivity contribution in [2.45, 2.75) is 20.4 Å². The topological polar surface area (TPSA) is 50.6 Å². The molecule has 3 rings (SSSR count). The van der Waals surface area contributed by atoms with Crippen molar-refractivity contribution in [2.75, 3.05) is 13.7 Å². The first-order valence-corrected chi connectivity index (χ1v) is 9.28. The molecule has 6 heteroatoms. The number of para-hydroxylation sites is 2. The predicted molar refractivity (Wildman–Crippen MR) is 116 cm³/mol. The van der Waals surface area contributed by atoms with E-state index in [2.05, 4.69) is 70.8 Å². The van der Waals surface area contributed by atoms with Crippen LogP contribution in [-0.2, 0) is 6.54 Å². The summed E-state index contributed by atoms with van der Waals surface area (Å²) in [7, 11) is 1.76.